The van der Waals surface area contributed by atoms with Crippen LogP contribution in [0.25, 0.3) is 0 Å². The lowest BCUT2D eigenvalue weighted by molar-refractivity contribution is -0.141. The van der Waals surface area contributed by atoms with Gasteiger partial charge in [-0.3, -0.25) is 0 Å². The summed E-state index contributed by atoms with van der Waals surface area (Å²) in [5.41, 5.74) is 0. The van der Waals surface area contributed by atoms with Gasteiger partial charge in [0.15, 0.2) is 0 Å². The van der Waals surface area contributed by atoms with Gasteiger partial charge in [-0.05, 0) is 0 Å². The number of aliphatic hydroxyl groups is 1. The van der Waals surface area contributed by atoms with E-state index < -0.39 is 18.1 Å². The van der Waals surface area contributed by atoms with E-state index in [1.807, 2.05) is 10.8 Å². The van der Waals surface area contributed by atoms with Crippen LogP contribution in [0.2, 0.25) is 0 Å². The number of hydrogen-bond acceptors (Lipinski definition) is 4. The van der Waals surface area contributed by atoms with Crippen molar-refractivity contribution in [3.63, 3.8) is 0 Å². The van der Waals surface area contributed by atoms with Gasteiger partial charge in [0.2, 0.25) is 0 Å². The van der Waals surface area contributed by atoms with E-state index in [4.69, 9.17) is 5.11 Å². The molecular weight excluding hydrogens is 264 g/mol. The van der Waals surface area contributed by atoms with Gasteiger partial charge in [-0.2, -0.15) is 0 Å². The standard InChI is InChI=1S/C12H16N4O4/c17-8-5-9(11(18)19)16(6-8)12(20)15-4-3-14-2-1-13-10(14)7-15/h1-2,8-9,17H,3-7H2,(H,18,19)/t8-,9+/m1/s1. The maximum Gasteiger partial charge on any atom is 0.326 e. The number of aliphatic hydroxyl groups excluding tert-OH is 1. The Morgan fingerprint density at radius 2 is 2.15 bits per heavy atom. The smallest absolute Gasteiger partial charge is 0.326 e. The number of carbonyl (C=O) groups excluding carboxylic acids is 1. The average Bonchev–Trinajstić information content (AvgIpc) is 3.02. The Balaban J connectivity index is 1.74. The number of aromatic nitrogens is 2. The predicted octanol–water partition coefficient (Wildman–Crippen LogP) is -0.661. The maximum atomic E-state index is 12.4. The number of likely N-dealkylation sites (tertiary alicyclic amines) is 1. The first-order chi connectivity index (χ1) is 9.56. The minimum absolute atomic E-state index is 0.0702. The first kappa shape index (κ1) is 12.9. The van der Waals surface area contributed by atoms with Crippen molar-refractivity contribution >= 4 is 12.0 Å². The molecule has 0 aromatic carbocycles. The second kappa shape index (κ2) is 4.78. The van der Waals surface area contributed by atoms with Gasteiger partial charge in [-0.25, -0.2) is 14.6 Å². The number of β-amino-alcohol motifs (C(OH)–C–C–N with tert-alkyl or cyclic N) is 1. The summed E-state index contributed by atoms with van der Waals surface area (Å²) >= 11 is 0. The number of carboxylic acid groups (broad SMARTS) is 1. The van der Waals surface area contributed by atoms with Crippen molar-refractivity contribution in [2.45, 2.75) is 31.7 Å². The second-order valence-corrected chi connectivity index (χ2v) is 5.14. The maximum absolute atomic E-state index is 12.4. The largest absolute Gasteiger partial charge is 0.480 e. The molecule has 2 aliphatic rings. The molecule has 2 N–H and O–H groups in total. The van der Waals surface area contributed by atoms with E-state index >= 15 is 0 Å². The van der Waals surface area contributed by atoms with Crippen molar-refractivity contribution in [2.24, 2.45) is 0 Å². The molecule has 0 radical (unpaired) electrons. The molecule has 2 atom stereocenters. The molecule has 0 saturated carbocycles. The summed E-state index contributed by atoms with van der Waals surface area (Å²) in [5, 5.41) is 18.7. The lowest BCUT2D eigenvalue weighted by atomic mass is 10.2. The molecule has 8 nitrogen and oxygen atoms in total. The highest BCUT2D eigenvalue weighted by Crippen LogP contribution is 2.22. The Morgan fingerprint density at radius 1 is 1.35 bits per heavy atom. The van der Waals surface area contributed by atoms with Crippen molar-refractivity contribution in [3.8, 4) is 0 Å². The first-order valence-electron chi connectivity index (χ1n) is 6.52. The third kappa shape index (κ3) is 2.11. The lowest BCUT2D eigenvalue weighted by Crippen LogP contribution is -2.50. The van der Waals surface area contributed by atoms with Crippen LogP contribution in [-0.2, 0) is 17.9 Å². The van der Waals surface area contributed by atoms with Crippen molar-refractivity contribution < 1.29 is 19.8 Å². The molecule has 1 aromatic heterocycles. The highest BCUT2D eigenvalue weighted by atomic mass is 16.4. The molecular formula is C12H16N4O4. The number of carbonyl (C=O) groups is 2. The predicted molar refractivity (Wildman–Crippen MR) is 66.8 cm³/mol. The summed E-state index contributed by atoms with van der Waals surface area (Å²) in [5.74, 6) is -0.287. The third-order valence-corrected chi connectivity index (χ3v) is 3.83. The number of carboxylic acids is 1. The van der Waals surface area contributed by atoms with Gasteiger partial charge in [0, 0.05) is 38.4 Å². The van der Waals surface area contributed by atoms with Crippen LogP contribution in [-0.4, -0.2) is 66.8 Å². The molecule has 20 heavy (non-hydrogen) atoms. The van der Waals surface area contributed by atoms with Crippen molar-refractivity contribution in [1.29, 1.82) is 0 Å². The minimum atomic E-state index is -1.08. The van der Waals surface area contributed by atoms with Crippen LogP contribution in [0.3, 0.4) is 0 Å². The number of urea groups is 1. The number of hydrogen-bond donors (Lipinski definition) is 2. The van der Waals surface area contributed by atoms with E-state index in [0.29, 0.717) is 19.6 Å². The summed E-state index contributed by atoms with van der Waals surface area (Å²) in [6.07, 6.45) is 2.86. The average molecular weight is 280 g/mol. The van der Waals surface area contributed by atoms with Gasteiger partial charge in [0.25, 0.3) is 0 Å². The molecule has 8 heteroatoms. The quantitative estimate of drug-likeness (QED) is 0.711. The van der Waals surface area contributed by atoms with Crippen LogP contribution in [0.5, 0.6) is 0 Å². The molecule has 1 aromatic rings. The van der Waals surface area contributed by atoms with Gasteiger partial charge < -0.3 is 24.6 Å². The van der Waals surface area contributed by atoms with Crippen molar-refractivity contribution in [1.82, 2.24) is 19.4 Å². The third-order valence-electron chi connectivity index (χ3n) is 3.83. The lowest BCUT2D eigenvalue weighted by Gasteiger charge is -2.32. The number of rotatable bonds is 1. The summed E-state index contributed by atoms with van der Waals surface area (Å²) in [7, 11) is 0. The molecule has 0 bridgehead atoms. The van der Waals surface area contributed by atoms with Crippen LogP contribution in [0, 0.1) is 0 Å². The van der Waals surface area contributed by atoms with E-state index in [9.17, 15) is 14.7 Å². The van der Waals surface area contributed by atoms with Crippen LogP contribution in [0.15, 0.2) is 12.4 Å². The summed E-state index contributed by atoms with van der Waals surface area (Å²) < 4.78 is 1.97. The van der Waals surface area contributed by atoms with E-state index in [1.54, 1.807) is 11.1 Å². The number of aliphatic carboxylic acids is 1. The summed E-state index contributed by atoms with van der Waals surface area (Å²) in [6, 6.07) is -1.29. The Kier molecular flexibility index (Phi) is 3.09. The number of fused-ring (bicyclic) bond motifs is 1. The van der Waals surface area contributed by atoms with E-state index in [0.717, 1.165) is 5.82 Å². The Bertz CT molecular complexity index is 543. The van der Waals surface area contributed by atoms with Gasteiger partial charge in [0.1, 0.15) is 11.9 Å². The second-order valence-electron chi connectivity index (χ2n) is 5.14. The number of nitrogens with zero attached hydrogens (tertiary/aromatic N) is 4. The SMILES string of the molecule is O=C(O)[C@@H]1C[C@@H](O)CN1C(=O)N1CCn2ccnc2C1. The van der Waals surface area contributed by atoms with E-state index in [2.05, 4.69) is 4.98 Å². The molecule has 0 aliphatic carbocycles. The zero-order valence-corrected chi connectivity index (χ0v) is 10.8. The normalized spacial score (nSPS) is 25.6. The van der Waals surface area contributed by atoms with Crippen LogP contribution < -0.4 is 0 Å². The molecule has 0 unspecified atom stereocenters. The number of amides is 2. The summed E-state index contributed by atoms with van der Waals surface area (Å²) in [4.78, 5) is 30.6. The molecule has 1 fully saturated rings. The molecule has 2 aliphatic heterocycles. The van der Waals surface area contributed by atoms with Crippen LogP contribution in [0.1, 0.15) is 12.2 Å². The zero-order valence-electron chi connectivity index (χ0n) is 10.8. The highest BCUT2D eigenvalue weighted by molar-refractivity contribution is 5.83. The highest BCUT2D eigenvalue weighted by Gasteiger charge is 2.41. The topological polar surface area (TPSA) is 98.9 Å². The van der Waals surface area contributed by atoms with E-state index in [1.165, 1.54) is 4.90 Å². The van der Waals surface area contributed by atoms with E-state index in [-0.39, 0.29) is 19.0 Å². The fourth-order valence-corrected chi connectivity index (χ4v) is 2.78. The van der Waals surface area contributed by atoms with Gasteiger partial charge in [-0.15, -0.1) is 0 Å². The van der Waals surface area contributed by atoms with Gasteiger partial charge in [0.05, 0.1) is 12.6 Å². The Hall–Kier alpha value is -2.09. The van der Waals surface area contributed by atoms with Crippen LogP contribution >= 0.6 is 0 Å². The Labute approximate surface area is 115 Å². The fourth-order valence-electron chi connectivity index (χ4n) is 2.78. The van der Waals surface area contributed by atoms with Gasteiger partial charge >= 0.3 is 12.0 Å². The van der Waals surface area contributed by atoms with Crippen LogP contribution in [0.4, 0.5) is 4.79 Å². The van der Waals surface area contributed by atoms with Crippen molar-refractivity contribution in [3.05, 3.63) is 18.2 Å². The minimum Gasteiger partial charge on any atom is -0.480 e. The Morgan fingerprint density at radius 3 is 2.90 bits per heavy atom. The monoisotopic (exact) mass is 280 g/mol. The fraction of sp³-hybridized carbons (Fsp3) is 0.583. The molecule has 108 valence electrons. The summed E-state index contributed by atoms with van der Waals surface area (Å²) in [6.45, 7) is 1.60. The number of imidazole rings is 1. The van der Waals surface area contributed by atoms with Gasteiger partial charge in [-0.1, -0.05) is 0 Å². The molecule has 0 spiro atoms. The first-order valence-corrected chi connectivity index (χ1v) is 6.52. The van der Waals surface area contributed by atoms with Crippen molar-refractivity contribution in [2.75, 3.05) is 13.1 Å². The molecule has 3 rings (SSSR count). The zero-order chi connectivity index (χ0) is 14.3. The molecule has 1 saturated heterocycles. The molecule has 3 heterocycles. The molecule has 2 amide bonds.